The van der Waals surface area contributed by atoms with E-state index in [9.17, 15) is 24.5 Å². The van der Waals surface area contributed by atoms with Gasteiger partial charge in [0.05, 0.1) is 17.7 Å². The summed E-state index contributed by atoms with van der Waals surface area (Å²) in [5, 5.41) is 10.9. The monoisotopic (exact) mass is 329 g/mol. The van der Waals surface area contributed by atoms with Gasteiger partial charge in [0.25, 0.3) is 17.2 Å². The fraction of sp³-hybridized carbons (Fsp3) is 0.188. The standard InChI is InChI=1S/C16H15N3O5/c1-9-3-4-10(2)12(5-9)14(20)8-18-7-11(19(23)24)6-13(15(17)21)16(18)22/h3-7H,8H2,1-2H3,(H2,17,21). The van der Waals surface area contributed by atoms with Crippen molar-refractivity contribution in [2.24, 2.45) is 5.73 Å². The number of benzene rings is 1. The Hall–Kier alpha value is -3.29. The van der Waals surface area contributed by atoms with Crippen LogP contribution in [-0.2, 0) is 6.54 Å². The highest BCUT2D eigenvalue weighted by Gasteiger charge is 2.19. The fourth-order valence-corrected chi connectivity index (χ4v) is 2.29. The van der Waals surface area contributed by atoms with Crippen molar-refractivity contribution >= 4 is 17.4 Å². The molecule has 0 unspecified atom stereocenters. The predicted octanol–water partition coefficient (Wildman–Crippen LogP) is 1.36. The van der Waals surface area contributed by atoms with E-state index in [0.717, 1.165) is 28.0 Å². The number of aryl methyl sites for hydroxylation is 2. The van der Waals surface area contributed by atoms with E-state index in [4.69, 9.17) is 5.73 Å². The SMILES string of the molecule is Cc1ccc(C)c(C(=O)Cn2cc([N+](=O)[O-])cc(C(N)=O)c2=O)c1. The second-order valence-corrected chi connectivity index (χ2v) is 5.41. The molecule has 1 amide bonds. The average molecular weight is 329 g/mol. The van der Waals surface area contributed by atoms with Crippen LogP contribution in [0.15, 0.2) is 35.3 Å². The number of hydrogen-bond acceptors (Lipinski definition) is 5. The maximum absolute atomic E-state index is 12.5. The van der Waals surface area contributed by atoms with Crippen molar-refractivity contribution in [3.05, 3.63) is 73.2 Å². The molecule has 2 rings (SSSR count). The second kappa shape index (κ2) is 6.45. The van der Waals surface area contributed by atoms with Gasteiger partial charge in [-0.2, -0.15) is 0 Å². The number of ketones is 1. The third-order valence-electron chi connectivity index (χ3n) is 3.56. The predicted molar refractivity (Wildman–Crippen MR) is 86.1 cm³/mol. The zero-order valence-corrected chi connectivity index (χ0v) is 13.1. The molecule has 0 spiro atoms. The number of rotatable bonds is 5. The number of primary amides is 1. The maximum atomic E-state index is 12.5. The van der Waals surface area contributed by atoms with Crippen LogP contribution in [0.3, 0.4) is 0 Å². The first-order valence-electron chi connectivity index (χ1n) is 7.00. The van der Waals surface area contributed by atoms with E-state index in [1.54, 1.807) is 19.1 Å². The highest BCUT2D eigenvalue weighted by atomic mass is 16.6. The highest BCUT2D eigenvalue weighted by molar-refractivity contribution is 5.97. The molecule has 8 heteroatoms. The molecular formula is C16H15N3O5. The van der Waals surface area contributed by atoms with E-state index < -0.39 is 40.0 Å². The molecule has 0 saturated carbocycles. The summed E-state index contributed by atoms with van der Waals surface area (Å²) in [6.45, 7) is 3.14. The maximum Gasteiger partial charge on any atom is 0.286 e. The van der Waals surface area contributed by atoms with Gasteiger partial charge in [0.2, 0.25) is 0 Å². The molecule has 2 N–H and O–H groups in total. The third-order valence-corrected chi connectivity index (χ3v) is 3.56. The summed E-state index contributed by atoms with van der Waals surface area (Å²) in [5.74, 6) is -1.48. The molecule has 0 aliphatic rings. The number of nitrogens with zero attached hydrogens (tertiary/aromatic N) is 2. The largest absolute Gasteiger partial charge is 0.365 e. The number of carbonyl (C=O) groups excluding carboxylic acids is 2. The van der Waals surface area contributed by atoms with Crippen molar-refractivity contribution in [2.45, 2.75) is 20.4 Å². The molecule has 2 aromatic rings. The van der Waals surface area contributed by atoms with Crippen LogP contribution in [0.25, 0.3) is 0 Å². The summed E-state index contributed by atoms with van der Waals surface area (Å²) in [4.78, 5) is 46.1. The highest BCUT2D eigenvalue weighted by Crippen LogP contribution is 2.14. The lowest BCUT2D eigenvalue weighted by molar-refractivity contribution is -0.385. The molecule has 1 heterocycles. The van der Waals surface area contributed by atoms with Crippen LogP contribution in [0.5, 0.6) is 0 Å². The summed E-state index contributed by atoms with van der Waals surface area (Å²) in [5.41, 5.74) is 5.22. The molecule has 0 atom stereocenters. The van der Waals surface area contributed by atoms with Gasteiger partial charge >= 0.3 is 0 Å². The van der Waals surface area contributed by atoms with Crippen LogP contribution in [-0.4, -0.2) is 21.2 Å². The Balaban J connectivity index is 2.51. The molecule has 8 nitrogen and oxygen atoms in total. The van der Waals surface area contributed by atoms with Crippen molar-refractivity contribution < 1.29 is 14.5 Å². The zero-order chi connectivity index (χ0) is 18.0. The van der Waals surface area contributed by atoms with Crippen LogP contribution in [0.2, 0.25) is 0 Å². The lowest BCUT2D eigenvalue weighted by Crippen LogP contribution is -2.31. The van der Waals surface area contributed by atoms with Gasteiger partial charge in [-0.15, -0.1) is 0 Å². The number of hydrogen-bond donors (Lipinski definition) is 1. The number of nitrogens with two attached hydrogens (primary N) is 1. The first kappa shape index (κ1) is 17.1. The molecule has 0 fully saturated rings. The Morgan fingerprint density at radius 3 is 2.46 bits per heavy atom. The molecule has 0 saturated heterocycles. The van der Waals surface area contributed by atoms with Crippen LogP contribution < -0.4 is 11.3 Å². The molecule has 1 aromatic heterocycles. The summed E-state index contributed by atoms with van der Waals surface area (Å²) >= 11 is 0. The normalized spacial score (nSPS) is 10.4. The van der Waals surface area contributed by atoms with Crippen molar-refractivity contribution in [1.29, 1.82) is 0 Å². The smallest absolute Gasteiger partial charge is 0.286 e. The van der Waals surface area contributed by atoms with Gasteiger partial charge in [-0.3, -0.25) is 24.5 Å². The van der Waals surface area contributed by atoms with Crippen molar-refractivity contribution in [3.8, 4) is 0 Å². The molecule has 0 aliphatic heterocycles. The van der Waals surface area contributed by atoms with Gasteiger partial charge in [0.15, 0.2) is 5.78 Å². The van der Waals surface area contributed by atoms with E-state index in [1.807, 2.05) is 13.0 Å². The summed E-state index contributed by atoms with van der Waals surface area (Å²) < 4.78 is 0.836. The van der Waals surface area contributed by atoms with Crippen molar-refractivity contribution in [2.75, 3.05) is 0 Å². The van der Waals surface area contributed by atoms with E-state index >= 15 is 0 Å². The fourth-order valence-electron chi connectivity index (χ4n) is 2.29. The van der Waals surface area contributed by atoms with Crippen molar-refractivity contribution in [3.63, 3.8) is 0 Å². The van der Waals surface area contributed by atoms with Gasteiger partial charge in [0.1, 0.15) is 5.56 Å². The van der Waals surface area contributed by atoms with Crippen LogP contribution >= 0.6 is 0 Å². The number of Topliss-reactive ketones (excluding diaryl/α,β-unsaturated/α-hetero) is 1. The van der Waals surface area contributed by atoms with Crippen LogP contribution in [0, 0.1) is 24.0 Å². The molecule has 0 bridgehead atoms. The first-order chi connectivity index (χ1) is 11.2. The van der Waals surface area contributed by atoms with E-state index in [1.165, 1.54) is 0 Å². The van der Waals surface area contributed by atoms with Gasteiger partial charge in [-0.25, -0.2) is 0 Å². The molecule has 24 heavy (non-hydrogen) atoms. The van der Waals surface area contributed by atoms with Crippen molar-refractivity contribution in [1.82, 2.24) is 4.57 Å². The Bertz CT molecular complexity index is 914. The molecule has 0 aliphatic carbocycles. The number of nitro groups is 1. The Morgan fingerprint density at radius 2 is 1.88 bits per heavy atom. The minimum absolute atomic E-state index is 0.394. The van der Waals surface area contributed by atoms with E-state index in [-0.39, 0.29) is 0 Å². The summed E-state index contributed by atoms with van der Waals surface area (Å²) in [6.07, 6.45) is 0.928. The molecule has 124 valence electrons. The molecular weight excluding hydrogens is 314 g/mol. The average Bonchev–Trinajstić information content (AvgIpc) is 2.50. The van der Waals surface area contributed by atoms with Gasteiger partial charge in [-0.1, -0.05) is 17.7 Å². The van der Waals surface area contributed by atoms with Gasteiger partial charge < -0.3 is 10.3 Å². The lowest BCUT2D eigenvalue weighted by atomic mass is 10.0. The second-order valence-electron chi connectivity index (χ2n) is 5.41. The number of amides is 1. The van der Waals surface area contributed by atoms with Crippen LogP contribution in [0.1, 0.15) is 31.8 Å². The lowest BCUT2D eigenvalue weighted by Gasteiger charge is -2.09. The number of pyridine rings is 1. The number of aromatic nitrogens is 1. The first-order valence-corrected chi connectivity index (χ1v) is 7.00. The Morgan fingerprint density at radius 1 is 1.21 bits per heavy atom. The van der Waals surface area contributed by atoms with Crippen LogP contribution in [0.4, 0.5) is 5.69 Å². The topological polar surface area (TPSA) is 125 Å². The minimum atomic E-state index is -1.09. The molecule has 1 aromatic carbocycles. The quantitative estimate of drug-likeness (QED) is 0.503. The Kier molecular flexibility index (Phi) is 4.59. The molecule has 0 radical (unpaired) electrons. The zero-order valence-electron chi connectivity index (χ0n) is 13.1. The number of carbonyl (C=O) groups is 2. The Labute approximate surface area is 136 Å². The van der Waals surface area contributed by atoms with E-state index in [2.05, 4.69) is 0 Å². The third kappa shape index (κ3) is 3.37. The van der Waals surface area contributed by atoms with Gasteiger partial charge in [0, 0.05) is 11.6 Å². The summed E-state index contributed by atoms with van der Waals surface area (Å²) in [6, 6.07) is 6.10. The van der Waals surface area contributed by atoms with Gasteiger partial charge in [-0.05, 0) is 25.5 Å². The summed E-state index contributed by atoms with van der Waals surface area (Å²) in [7, 11) is 0. The minimum Gasteiger partial charge on any atom is -0.365 e. The van der Waals surface area contributed by atoms with E-state index in [0.29, 0.717) is 5.56 Å².